The molecule has 0 aliphatic carbocycles. The van der Waals surface area contributed by atoms with Gasteiger partial charge in [-0.05, 0) is 36.4 Å². The molecule has 0 saturated carbocycles. The predicted molar refractivity (Wildman–Crippen MR) is 116 cm³/mol. The standard InChI is InChI=1S/C20H14N6O2S2/c27-17(21-14-8-4-9-15-18(14)25-30-24-15)12-29-20-23-22-19(16-10-5-11-28-16)26(20)13-6-2-1-3-7-13/h1-11H,12H2,(H,21,27). The van der Waals surface area contributed by atoms with E-state index in [9.17, 15) is 4.79 Å². The molecule has 0 unspecified atom stereocenters. The van der Waals surface area contributed by atoms with Gasteiger partial charge in [0.2, 0.25) is 11.7 Å². The molecular formula is C20H14N6O2S2. The van der Waals surface area contributed by atoms with E-state index in [1.54, 1.807) is 12.3 Å². The first-order valence-corrected chi connectivity index (χ1v) is 10.7. The average Bonchev–Trinajstić information content (AvgIpc) is 3.53. The van der Waals surface area contributed by atoms with Crippen LogP contribution in [0.5, 0.6) is 0 Å². The summed E-state index contributed by atoms with van der Waals surface area (Å²) in [6.07, 6.45) is 1.59. The van der Waals surface area contributed by atoms with Gasteiger partial charge >= 0.3 is 0 Å². The second-order valence-corrected chi connectivity index (χ2v) is 7.70. The van der Waals surface area contributed by atoms with Crippen molar-refractivity contribution in [3.8, 4) is 17.3 Å². The maximum Gasteiger partial charge on any atom is 0.234 e. The molecule has 3 aromatic heterocycles. The first-order chi connectivity index (χ1) is 14.8. The van der Waals surface area contributed by atoms with E-state index in [1.165, 1.54) is 11.8 Å². The van der Waals surface area contributed by atoms with Crippen LogP contribution in [0.2, 0.25) is 0 Å². The van der Waals surface area contributed by atoms with Crippen molar-refractivity contribution in [3.63, 3.8) is 0 Å². The van der Waals surface area contributed by atoms with Gasteiger partial charge in [0.05, 0.1) is 29.4 Å². The van der Waals surface area contributed by atoms with E-state index in [-0.39, 0.29) is 11.7 Å². The number of aromatic nitrogens is 5. The number of carbonyl (C=O) groups excluding carboxylic acids is 1. The zero-order chi connectivity index (χ0) is 20.3. The van der Waals surface area contributed by atoms with Crippen LogP contribution in [0.25, 0.3) is 28.3 Å². The van der Waals surface area contributed by atoms with E-state index in [0.29, 0.717) is 27.9 Å². The number of furan rings is 1. The summed E-state index contributed by atoms with van der Waals surface area (Å²) in [7, 11) is 0. The highest BCUT2D eigenvalue weighted by Gasteiger charge is 2.19. The summed E-state index contributed by atoms with van der Waals surface area (Å²) >= 11 is 2.42. The van der Waals surface area contributed by atoms with Crippen molar-refractivity contribution >= 4 is 46.1 Å². The van der Waals surface area contributed by atoms with Crippen molar-refractivity contribution in [1.82, 2.24) is 23.5 Å². The number of thioether (sulfide) groups is 1. The average molecular weight is 435 g/mol. The zero-order valence-corrected chi connectivity index (χ0v) is 17.1. The largest absolute Gasteiger partial charge is 0.461 e. The predicted octanol–water partition coefficient (Wildman–Crippen LogP) is 4.26. The number of hydrogen-bond donors (Lipinski definition) is 1. The molecule has 5 aromatic rings. The fourth-order valence-corrected chi connectivity index (χ4v) is 4.26. The number of benzene rings is 2. The normalized spacial score (nSPS) is 11.1. The summed E-state index contributed by atoms with van der Waals surface area (Å²) < 4.78 is 15.8. The van der Waals surface area contributed by atoms with Crippen molar-refractivity contribution in [3.05, 3.63) is 66.9 Å². The smallest absolute Gasteiger partial charge is 0.234 e. The third kappa shape index (κ3) is 3.58. The molecule has 2 aromatic carbocycles. The lowest BCUT2D eigenvalue weighted by molar-refractivity contribution is -0.113. The summed E-state index contributed by atoms with van der Waals surface area (Å²) in [6, 6.07) is 18.9. The Labute approximate surface area is 179 Å². The van der Waals surface area contributed by atoms with Crippen LogP contribution >= 0.6 is 23.5 Å². The molecule has 1 N–H and O–H groups in total. The van der Waals surface area contributed by atoms with Crippen molar-refractivity contribution in [2.75, 3.05) is 11.1 Å². The molecule has 148 valence electrons. The van der Waals surface area contributed by atoms with Crippen LogP contribution in [0.1, 0.15) is 0 Å². The van der Waals surface area contributed by atoms with Crippen molar-refractivity contribution in [2.24, 2.45) is 0 Å². The van der Waals surface area contributed by atoms with Gasteiger partial charge in [0.15, 0.2) is 10.9 Å². The number of amides is 1. The Morgan fingerprint density at radius 1 is 1.03 bits per heavy atom. The number of para-hydroxylation sites is 1. The van der Waals surface area contributed by atoms with Gasteiger partial charge in [-0.3, -0.25) is 9.36 Å². The molecule has 30 heavy (non-hydrogen) atoms. The molecule has 0 atom stereocenters. The molecule has 0 fully saturated rings. The van der Waals surface area contributed by atoms with E-state index in [1.807, 2.05) is 59.2 Å². The number of hydrogen-bond acceptors (Lipinski definition) is 8. The molecule has 0 radical (unpaired) electrons. The minimum absolute atomic E-state index is 0.164. The number of nitrogens with one attached hydrogen (secondary N) is 1. The van der Waals surface area contributed by atoms with Crippen LogP contribution < -0.4 is 5.32 Å². The third-order valence-electron chi connectivity index (χ3n) is 4.28. The van der Waals surface area contributed by atoms with Gasteiger partial charge in [0.1, 0.15) is 11.0 Å². The number of carbonyl (C=O) groups is 1. The lowest BCUT2D eigenvalue weighted by Gasteiger charge is -2.09. The molecule has 3 heterocycles. The molecule has 8 nitrogen and oxygen atoms in total. The molecule has 5 rings (SSSR count). The molecule has 0 aliphatic heterocycles. The zero-order valence-electron chi connectivity index (χ0n) is 15.4. The van der Waals surface area contributed by atoms with Crippen LogP contribution in [0.3, 0.4) is 0 Å². The molecule has 0 saturated heterocycles. The highest BCUT2D eigenvalue weighted by atomic mass is 32.2. The first kappa shape index (κ1) is 18.5. The summed E-state index contributed by atoms with van der Waals surface area (Å²) in [5.41, 5.74) is 2.98. The van der Waals surface area contributed by atoms with E-state index in [2.05, 4.69) is 24.3 Å². The van der Waals surface area contributed by atoms with Gasteiger partial charge in [-0.15, -0.1) is 10.2 Å². The number of fused-ring (bicyclic) bond motifs is 1. The Hall–Kier alpha value is -3.50. The van der Waals surface area contributed by atoms with Crippen LogP contribution in [-0.4, -0.2) is 35.2 Å². The Morgan fingerprint density at radius 3 is 2.77 bits per heavy atom. The number of nitrogens with zero attached hydrogens (tertiary/aromatic N) is 5. The van der Waals surface area contributed by atoms with Gasteiger partial charge in [-0.2, -0.15) is 8.75 Å². The highest BCUT2D eigenvalue weighted by Crippen LogP contribution is 2.28. The second kappa shape index (κ2) is 8.09. The molecule has 0 aliphatic rings. The molecule has 0 spiro atoms. The topological polar surface area (TPSA) is 98.7 Å². The van der Waals surface area contributed by atoms with Gasteiger partial charge in [-0.25, -0.2) is 0 Å². The maximum atomic E-state index is 12.6. The first-order valence-electron chi connectivity index (χ1n) is 8.98. The van der Waals surface area contributed by atoms with E-state index >= 15 is 0 Å². The lowest BCUT2D eigenvalue weighted by Crippen LogP contribution is -2.15. The van der Waals surface area contributed by atoms with E-state index < -0.39 is 0 Å². The fraction of sp³-hybridized carbons (Fsp3) is 0.0500. The minimum atomic E-state index is -0.164. The molecular weight excluding hydrogens is 420 g/mol. The number of anilines is 1. The van der Waals surface area contributed by atoms with Crippen LogP contribution in [0.4, 0.5) is 5.69 Å². The minimum Gasteiger partial charge on any atom is -0.461 e. The van der Waals surface area contributed by atoms with Crippen LogP contribution in [-0.2, 0) is 4.79 Å². The Morgan fingerprint density at radius 2 is 1.93 bits per heavy atom. The summed E-state index contributed by atoms with van der Waals surface area (Å²) in [5, 5.41) is 12.1. The molecule has 1 amide bonds. The van der Waals surface area contributed by atoms with Crippen molar-refractivity contribution in [1.29, 1.82) is 0 Å². The van der Waals surface area contributed by atoms with Crippen LogP contribution in [0.15, 0.2) is 76.5 Å². The number of rotatable bonds is 6. The van der Waals surface area contributed by atoms with Crippen molar-refractivity contribution < 1.29 is 9.21 Å². The highest BCUT2D eigenvalue weighted by molar-refractivity contribution is 7.99. The quantitative estimate of drug-likeness (QED) is 0.399. The monoisotopic (exact) mass is 434 g/mol. The van der Waals surface area contributed by atoms with Crippen molar-refractivity contribution in [2.45, 2.75) is 5.16 Å². The SMILES string of the molecule is O=C(CSc1nnc(-c2ccco2)n1-c1ccccc1)Nc1cccc2nsnc12. The van der Waals surface area contributed by atoms with Crippen LogP contribution in [0, 0.1) is 0 Å². The third-order valence-corrected chi connectivity index (χ3v) is 5.75. The van der Waals surface area contributed by atoms with Gasteiger partial charge in [-0.1, -0.05) is 36.0 Å². The van der Waals surface area contributed by atoms with Gasteiger partial charge in [0, 0.05) is 5.69 Å². The fourth-order valence-electron chi connectivity index (χ4n) is 2.96. The summed E-state index contributed by atoms with van der Waals surface area (Å²) in [6.45, 7) is 0. The Kier molecular flexibility index (Phi) is 4.99. The van der Waals surface area contributed by atoms with Gasteiger partial charge < -0.3 is 9.73 Å². The lowest BCUT2D eigenvalue weighted by atomic mass is 10.2. The second-order valence-electron chi connectivity index (χ2n) is 6.23. The maximum absolute atomic E-state index is 12.6. The Bertz CT molecular complexity index is 1300. The molecule has 10 heteroatoms. The Balaban J connectivity index is 1.38. The molecule has 0 bridgehead atoms. The summed E-state index contributed by atoms with van der Waals surface area (Å²) in [5.74, 6) is 1.18. The van der Waals surface area contributed by atoms with Gasteiger partial charge in [0.25, 0.3) is 0 Å². The summed E-state index contributed by atoms with van der Waals surface area (Å²) in [4.78, 5) is 12.6. The van der Waals surface area contributed by atoms with E-state index in [4.69, 9.17) is 4.42 Å². The van der Waals surface area contributed by atoms with E-state index in [0.717, 1.165) is 22.9 Å².